The van der Waals surface area contributed by atoms with E-state index in [1.54, 1.807) is 11.1 Å². The number of carbonyl (C=O) groups is 4. The summed E-state index contributed by atoms with van der Waals surface area (Å²) in [4.78, 5) is 66.7. The van der Waals surface area contributed by atoms with E-state index in [-0.39, 0.29) is 17.0 Å². The molecule has 3 aromatic rings. The summed E-state index contributed by atoms with van der Waals surface area (Å²) in [5, 5.41) is 11.4. The summed E-state index contributed by atoms with van der Waals surface area (Å²) < 4.78 is 5.06. The van der Waals surface area contributed by atoms with Gasteiger partial charge in [-0.2, -0.15) is 0 Å². The van der Waals surface area contributed by atoms with Gasteiger partial charge in [-0.3, -0.25) is 29.3 Å². The van der Waals surface area contributed by atoms with Gasteiger partial charge in [-0.1, -0.05) is 36.4 Å². The van der Waals surface area contributed by atoms with Crippen LogP contribution in [0.2, 0.25) is 0 Å². The standard InChI is InChI=1S/C29H21N3O7/c1-16(33)39-21-11-9-19(10-12-21)31-28(35)23-24(29(31)36)26(27(34)18-6-4-7-20(15-18)32(37)38)30-14-13-17-5-2-3-8-22(17)25(23)30/h2-15,23-26H,1H3/t23-,24+,25?,26-/m1/s1. The van der Waals surface area contributed by atoms with Crippen LogP contribution in [0.15, 0.2) is 79.0 Å². The van der Waals surface area contributed by atoms with Gasteiger partial charge in [0, 0.05) is 30.8 Å². The van der Waals surface area contributed by atoms with E-state index in [1.807, 2.05) is 30.3 Å². The highest BCUT2D eigenvalue weighted by Gasteiger charge is 2.64. The molecule has 3 aliphatic rings. The van der Waals surface area contributed by atoms with Crippen LogP contribution in [0.1, 0.15) is 34.5 Å². The first-order valence-electron chi connectivity index (χ1n) is 12.3. The topological polar surface area (TPSA) is 127 Å². The molecule has 3 aromatic carbocycles. The fourth-order valence-corrected chi connectivity index (χ4v) is 5.88. The summed E-state index contributed by atoms with van der Waals surface area (Å²) in [7, 11) is 0. The van der Waals surface area contributed by atoms with E-state index in [4.69, 9.17) is 4.74 Å². The van der Waals surface area contributed by atoms with Crippen molar-refractivity contribution in [1.82, 2.24) is 4.90 Å². The lowest BCUT2D eigenvalue weighted by Crippen LogP contribution is -2.44. The SMILES string of the molecule is CC(=O)Oc1ccc(N2C(=O)[C@H]3[C@@H](C2=O)C2c4ccccc4C=CN2[C@H]3C(=O)c2cccc([N+](=O)[O-])c2)cc1. The predicted molar refractivity (Wildman–Crippen MR) is 138 cm³/mol. The van der Waals surface area contributed by atoms with Crippen LogP contribution in [0.25, 0.3) is 6.08 Å². The smallest absolute Gasteiger partial charge is 0.308 e. The Labute approximate surface area is 222 Å². The molecule has 194 valence electrons. The average Bonchev–Trinajstić information content (AvgIpc) is 3.41. The Morgan fingerprint density at radius 3 is 2.36 bits per heavy atom. The lowest BCUT2D eigenvalue weighted by atomic mass is 9.83. The molecule has 0 N–H and O–H groups in total. The zero-order valence-corrected chi connectivity index (χ0v) is 20.6. The number of ether oxygens (including phenoxy) is 1. The number of esters is 1. The second-order valence-electron chi connectivity index (χ2n) is 9.60. The van der Waals surface area contributed by atoms with Crippen LogP contribution in [0, 0.1) is 22.0 Å². The number of rotatable bonds is 5. The van der Waals surface area contributed by atoms with Gasteiger partial charge in [0.15, 0.2) is 5.78 Å². The number of benzene rings is 3. The number of non-ortho nitro benzene ring substituents is 1. The van der Waals surface area contributed by atoms with Gasteiger partial charge in [-0.05, 0) is 41.5 Å². The molecule has 2 saturated heterocycles. The number of anilines is 1. The lowest BCUT2D eigenvalue weighted by Gasteiger charge is -2.35. The van der Waals surface area contributed by atoms with Crippen LogP contribution in [0.5, 0.6) is 5.75 Å². The van der Waals surface area contributed by atoms with Gasteiger partial charge in [0.1, 0.15) is 11.8 Å². The number of hydrogen-bond donors (Lipinski definition) is 0. The quantitative estimate of drug-likeness (QED) is 0.123. The third-order valence-electron chi connectivity index (χ3n) is 7.43. The molecule has 39 heavy (non-hydrogen) atoms. The molecule has 0 aromatic heterocycles. The molecule has 0 aliphatic carbocycles. The van der Waals surface area contributed by atoms with Gasteiger partial charge < -0.3 is 9.64 Å². The van der Waals surface area contributed by atoms with Crippen LogP contribution in [-0.2, 0) is 14.4 Å². The summed E-state index contributed by atoms with van der Waals surface area (Å²) in [6.45, 7) is 1.27. The minimum atomic E-state index is -1.05. The maximum atomic E-state index is 13.9. The van der Waals surface area contributed by atoms with Crippen molar-refractivity contribution in [2.45, 2.75) is 19.0 Å². The molecule has 4 atom stereocenters. The highest BCUT2D eigenvalue weighted by Crippen LogP contribution is 2.53. The Balaban J connectivity index is 1.44. The number of nitrogens with zero attached hydrogens (tertiary/aromatic N) is 3. The van der Waals surface area contributed by atoms with E-state index in [9.17, 15) is 29.3 Å². The summed E-state index contributed by atoms with van der Waals surface area (Å²) in [6.07, 6.45) is 3.56. The van der Waals surface area contributed by atoms with Gasteiger partial charge in [-0.25, -0.2) is 4.90 Å². The molecule has 2 amide bonds. The van der Waals surface area contributed by atoms with Crippen LogP contribution < -0.4 is 9.64 Å². The van der Waals surface area contributed by atoms with Crippen LogP contribution in [0.3, 0.4) is 0 Å². The summed E-state index contributed by atoms with van der Waals surface area (Å²) in [5.74, 6) is -3.57. The molecule has 10 nitrogen and oxygen atoms in total. The maximum Gasteiger partial charge on any atom is 0.308 e. The number of carbonyl (C=O) groups excluding carboxylic acids is 4. The molecule has 10 heteroatoms. The second-order valence-corrected chi connectivity index (χ2v) is 9.60. The molecular formula is C29H21N3O7. The molecule has 0 radical (unpaired) electrons. The number of hydrogen-bond acceptors (Lipinski definition) is 8. The molecule has 3 aliphatic heterocycles. The molecule has 3 heterocycles. The Morgan fingerprint density at radius 2 is 1.64 bits per heavy atom. The molecule has 6 rings (SSSR count). The highest BCUT2D eigenvalue weighted by atomic mass is 16.6. The van der Waals surface area contributed by atoms with E-state index in [1.165, 1.54) is 55.5 Å². The van der Waals surface area contributed by atoms with E-state index >= 15 is 0 Å². The van der Waals surface area contributed by atoms with Crippen LogP contribution in [-0.4, -0.2) is 39.4 Å². The van der Waals surface area contributed by atoms with Gasteiger partial charge in [0.25, 0.3) is 5.69 Å². The van der Waals surface area contributed by atoms with Crippen LogP contribution in [0.4, 0.5) is 11.4 Å². The first-order chi connectivity index (χ1) is 18.8. The van der Waals surface area contributed by atoms with Crippen molar-refractivity contribution in [2.24, 2.45) is 11.8 Å². The predicted octanol–water partition coefficient (Wildman–Crippen LogP) is 3.92. The van der Waals surface area contributed by atoms with Gasteiger partial charge in [0.2, 0.25) is 11.8 Å². The number of nitro groups is 1. The molecule has 0 spiro atoms. The Hall–Kier alpha value is -5.12. The van der Waals surface area contributed by atoms with Gasteiger partial charge >= 0.3 is 5.97 Å². The molecule has 0 saturated carbocycles. The number of nitro benzene ring substituents is 1. The summed E-state index contributed by atoms with van der Waals surface area (Å²) in [6, 6.07) is 17.3. The number of fused-ring (bicyclic) bond motifs is 5. The van der Waals surface area contributed by atoms with E-state index in [2.05, 4.69) is 0 Å². The number of imide groups is 1. The third kappa shape index (κ3) is 3.80. The second kappa shape index (κ2) is 9.02. The maximum absolute atomic E-state index is 13.9. The van der Waals surface area contributed by atoms with Gasteiger partial charge in [-0.15, -0.1) is 0 Å². The number of Topliss-reactive ketones (excluding diaryl/α,β-unsaturated/α-hetero) is 1. The van der Waals surface area contributed by atoms with Crippen molar-refractivity contribution >= 4 is 41.0 Å². The molecular weight excluding hydrogens is 502 g/mol. The van der Waals surface area contributed by atoms with E-state index in [0.717, 1.165) is 16.0 Å². The fraction of sp³-hybridized carbons (Fsp3) is 0.172. The fourth-order valence-electron chi connectivity index (χ4n) is 5.88. The van der Waals surface area contributed by atoms with Crippen molar-refractivity contribution in [3.8, 4) is 5.75 Å². The largest absolute Gasteiger partial charge is 0.427 e. The zero-order chi connectivity index (χ0) is 27.4. The van der Waals surface area contributed by atoms with Crippen molar-refractivity contribution < 1.29 is 28.8 Å². The van der Waals surface area contributed by atoms with Gasteiger partial charge in [0.05, 0.1) is 28.5 Å². The number of amides is 2. The summed E-state index contributed by atoms with van der Waals surface area (Å²) >= 11 is 0. The molecule has 0 bridgehead atoms. The van der Waals surface area contributed by atoms with E-state index in [0.29, 0.717) is 5.69 Å². The van der Waals surface area contributed by atoms with Crippen molar-refractivity contribution in [3.05, 3.63) is 106 Å². The zero-order valence-electron chi connectivity index (χ0n) is 20.6. The number of ketones is 1. The summed E-state index contributed by atoms with van der Waals surface area (Å²) in [5.41, 5.74) is 1.84. The van der Waals surface area contributed by atoms with Crippen molar-refractivity contribution in [1.29, 1.82) is 0 Å². The molecule has 2 fully saturated rings. The normalized spacial score (nSPS) is 22.8. The molecule has 1 unspecified atom stereocenters. The minimum absolute atomic E-state index is 0.0882. The monoisotopic (exact) mass is 523 g/mol. The van der Waals surface area contributed by atoms with Crippen molar-refractivity contribution in [2.75, 3.05) is 4.90 Å². The third-order valence-corrected chi connectivity index (χ3v) is 7.43. The first-order valence-corrected chi connectivity index (χ1v) is 12.3. The highest BCUT2D eigenvalue weighted by molar-refractivity contribution is 6.24. The van der Waals surface area contributed by atoms with Crippen LogP contribution >= 0.6 is 0 Å². The Bertz CT molecular complexity index is 1600. The van der Waals surface area contributed by atoms with Crippen molar-refractivity contribution in [3.63, 3.8) is 0 Å². The Kier molecular flexibility index (Phi) is 5.60. The Morgan fingerprint density at radius 1 is 0.923 bits per heavy atom. The first kappa shape index (κ1) is 24.2. The van der Waals surface area contributed by atoms with E-state index < -0.39 is 52.4 Å². The minimum Gasteiger partial charge on any atom is -0.427 e. The lowest BCUT2D eigenvalue weighted by molar-refractivity contribution is -0.384. The average molecular weight is 524 g/mol.